The third-order valence-electron chi connectivity index (χ3n) is 5.25. The van der Waals surface area contributed by atoms with E-state index in [9.17, 15) is 4.79 Å². The number of piperazine rings is 1. The van der Waals surface area contributed by atoms with Gasteiger partial charge in [-0.15, -0.1) is 0 Å². The van der Waals surface area contributed by atoms with Crippen molar-refractivity contribution >= 4 is 11.7 Å². The summed E-state index contributed by atoms with van der Waals surface area (Å²) < 4.78 is 0. The second-order valence-electron chi connectivity index (χ2n) is 7.26. The summed E-state index contributed by atoms with van der Waals surface area (Å²) in [6, 6.07) is 8.70. The molecule has 5 nitrogen and oxygen atoms in total. The van der Waals surface area contributed by atoms with Gasteiger partial charge in [-0.2, -0.15) is 0 Å². The van der Waals surface area contributed by atoms with Crippen molar-refractivity contribution in [3.8, 4) is 0 Å². The van der Waals surface area contributed by atoms with E-state index in [1.807, 2.05) is 18.7 Å². The first-order valence-electron chi connectivity index (χ1n) is 9.96. The fraction of sp³-hybridized carbons (Fsp3) is 0.500. The van der Waals surface area contributed by atoms with Crippen LogP contribution in [0.1, 0.15) is 48.5 Å². The average molecular weight is 367 g/mol. The van der Waals surface area contributed by atoms with Crippen LogP contribution in [0, 0.1) is 13.8 Å². The zero-order valence-electron chi connectivity index (χ0n) is 17.0. The third kappa shape index (κ3) is 4.46. The number of amides is 1. The van der Waals surface area contributed by atoms with Gasteiger partial charge in [0.2, 0.25) is 5.91 Å². The molecule has 0 spiro atoms. The van der Waals surface area contributed by atoms with Crippen molar-refractivity contribution in [3.05, 3.63) is 52.5 Å². The predicted octanol–water partition coefficient (Wildman–Crippen LogP) is 3.31. The van der Waals surface area contributed by atoms with Gasteiger partial charge in [-0.3, -0.25) is 4.79 Å². The number of rotatable bonds is 5. The SMILES string of the molecule is CCC(=O)N1CCN(c2nc(C)nc(CC)c2Cc2ccc(C)cc2)CC1. The van der Waals surface area contributed by atoms with Crippen molar-refractivity contribution < 1.29 is 4.79 Å². The normalized spacial score (nSPS) is 14.5. The molecule has 0 atom stereocenters. The summed E-state index contributed by atoms with van der Waals surface area (Å²) in [5.74, 6) is 2.10. The topological polar surface area (TPSA) is 49.3 Å². The second kappa shape index (κ2) is 8.51. The van der Waals surface area contributed by atoms with Gasteiger partial charge in [0.25, 0.3) is 0 Å². The molecule has 3 rings (SSSR count). The lowest BCUT2D eigenvalue weighted by Crippen LogP contribution is -2.49. The molecule has 1 amide bonds. The number of nitrogens with zero attached hydrogens (tertiary/aromatic N) is 4. The molecule has 2 aromatic rings. The average Bonchev–Trinajstić information content (AvgIpc) is 2.70. The van der Waals surface area contributed by atoms with Crippen LogP contribution >= 0.6 is 0 Å². The Labute approximate surface area is 162 Å². The molecule has 1 aromatic heterocycles. The molecule has 2 heterocycles. The highest BCUT2D eigenvalue weighted by Gasteiger charge is 2.24. The van der Waals surface area contributed by atoms with Crippen LogP contribution in [0.4, 0.5) is 5.82 Å². The molecule has 1 saturated heterocycles. The number of benzene rings is 1. The minimum absolute atomic E-state index is 0.239. The molecule has 0 aliphatic carbocycles. The van der Waals surface area contributed by atoms with E-state index in [1.165, 1.54) is 16.7 Å². The highest BCUT2D eigenvalue weighted by molar-refractivity contribution is 5.76. The van der Waals surface area contributed by atoms with Gasteiger partial charge in [0.05, 0.1) is 0 Å². The summed E-state index contributed by atoms with van der Waals surface area (Å²) in [7, 11) is 0. The maximum absolute atomic E-state index is 12.0. The summed E-state index contributed by atoms with van der Waals surface area (Å²) in [5.41, 5.74) is 4.91. The van der Waals surface area contributed by atoms with E-state index >= 15 is 0 Å². The first kappa shape index (κ1) is 19.3. The molecule has 0 N–H and O–H groups in total. The van der Waals surface area contributed by atoms with Gasteiger partial charge in [0.15, 0.2) is 0 Å². The number of hydrogen-bond acceptors (Lipinski definition) is 4. The van der Waals surface area contributed by atoms with Gasteiger partial charge in [-0.1, -0.05) is 43.7 Å². The molecule has 0 saturated carbocycles. The van der Waals surface area contributed by atoms with Gasteiger partial charge < -0.3 is 9.80 Å². The number of aryl methyl sites for hydroxylation is 3. The summed E-state index contributed by atoms with van der Waals surface area (Å²) in [6.07, 6.45) is 2.31. The highest BCUT2D eigenvalue weighted by Crippen LogP contribution is 2.26. The highest BCUT2D eigenvalue weighted by atomic mass is 16.2. The lowest BCUT2D eigenvalue weighted by Gasteiger charge is -2.36. The number of anilines is 1. The summed E-state index contributed by atoms with van der Waals surface area (Å²) in [4.78, 5) is 25.8. The summed E-state index contributed by atoms with van der Waals surface area (Å²) in [6.45, 7) is 11.3. The van der Waals surface area contributed by atoms with Crippen LogP contribution in [0.15, 0.2) is 24.3 Å². The molecular formula is C22H30N4O. The Morgan fingerprint density at radius 1 is 1.00 bits per heavy atom. The van der Waals surface area contributed by atoms with Crippen molar-refractivity contribution in [2.24, 2.45) is 0 Å². The van der Waals surface area contributed by atoms with Crippen LogP contribution in [-0.4, -0.2) is 47.0 Å². The number of carbonyl (C=O) groups excluding carboxylic acids is 1. The van der Waals surface area contributed by atoms with E-state index in [4.69, 9.17) is 9.97 Å². The molecule has 0 radical (unpaired) electrons. The van der Waals surface area contributed by atoms with Crippen molar-refractivity contribution in [1.82, 2.24) is 14.9 Å². The van der Waals surface area contributed by atoms with Gasteiger partial charge >= 0.3 is 0 Å². The van der Waals surface area contributed by atoms with Crippen LogP contribution in [0.2, 0.25) is 0 Å². The molecule has 27 heavy (non-hydrogen) atoms. The summed E-state index contributed by atoms with van der Waals surface area (Å²) >= 11 is 0. The molecular weight excluding hydrogens is 336 g/mol. The fourth-order valence-electron chi connectivity index (χ4n) is 3.67. The monoisotopic (exact) mass is 366 g/mol. The van der Waals surface area contributed by atoms with Gasteiger partial charge in [0, 0.05) is 50.3 Å². The Balaban J connectivity index is 1.89. The molecule has 0 unspecified atom stereocenters. The van der Waals surface area contributed by atoms with Gasteiger partial charge in [0.1, 0.15) is 11.6 Å². The first-order chi connectivity index (χ1) is 13.0. The molecule has 144 valence electrons. The van der Waals surface area contributed by atoms with Gasteiger partial charge in [-0.25, -0.2) is 9.97 Å². The van der Waals surface area contributed by atoms with Crippen molar-refractivity contribution in [2.45, 2.75) is 47.0 Å². The van der Waals surface area contributed by atoms with E-state index in [2.05, 4.69) is 43.0 Å². The molecule has 1 fully saturated rings. The smallest absolute Gasteiger partial charge is 0.222 e. The van der Waals surface area contributed by atoms with Gasteiger partial charge in [-0.05, 0) is 25.8 Å². The molecule has 1 aliphatic heterocycles. The second-order valence-corrected chi connectivity index (χ2v) is 7.26. The van der Waals surface area contributed by atoms with Crippen LogP contribution < -0.4 is 4.90 Å². The lowest BCUT2D eigenvalue weighted by atomic mass is 10.0. The molecule has 1 aromatic carbocycles. The van der Waals surface area contributed by atoms with E-state index in [0.29, 0.717) is 6.42 Å². The minimum atomic E-state index is 0.239. The maximum atomic E-state index is 12.0. The Morgan fingerprint density at radius 3 is 2.26 bits per heavy atom. The summed E-state index contributed by atoms with van der Waals surface area (Å²) in [5, 5.41) is 0. The Kier molecular flexibility index (Phi) is 6.09. The van der Waals surface area contributed by atoms with E-state index in [-0.39, 0.29) is 5.91 Å². The molecule has 0 bridgehead atoms. The third-order valence-corrected chi connectivity index (χ3v) is 5.25. The van der Waals surface area contributed by atoms with Crippen LogP contribution in [-0.2, 0) is 17.6 Å². The maximum Gasteiger partial charge on any atom is 0.222 e. The zero-order chi connectivity index (χ0) is 19.4. The number of hydrogen-bond donors (Lipinski definition) is 0. The van der Waals surface area contributed by atoms with Crippen molar-refractivity contribution in [1.29, 1.82) is 0 Å². The van der Waals surface area contributed by atoms with E-state index in [1.54, 1.807) is 0 Å². The minimum Gasteiger partial charge on any atom is -0.353 e. The lowest BCUT2D eigenvalue weighted by molar-refractivity contribution is -0.131. The zero-order valence-corrected chi connectivity index (χ0v) is 17.0. The van der Waals surface area contributed by atoms with Crippen molar-refractivity contribution in [3.63, 3.8) is 0 Å². The molecule has 1 aliphatic rings. The van der Waals surface area contributed by atoms with Crippen molar-refractivity contribution in [2.75, 3.05) is 31.1 Å². The standard InChI is InChI=1S/C22H30N4O/c1-5-20-19(15-18-9-7-16(3)8-10-18)22(24-17(4)23-20)26-13-11-25(12-14-26)21(27)6-2/h7-10H,5-6,11-15H2,1-4H3. The quantitative estimate of drug-likeness (QED) is 0.815. The Bertz CT molecular complexity index is 793. The largest absolute Gasteiger partial charge is 0.353 e. The predicted molar refractivity (Wildman–Crippen MR) is 109 cm³/mol. The number of carbonyl (C=O) groups is 1. The van der Waals surface area contributed by atoms with E-state index < -0.39 is 0 Å². The number of aromatic nitrogens is 2. The van der Waals surface area contributed by atoms with Crippen LogP contribution in [0.5, 0.6) is 0 Å². The van der Waals surface area contributed by atoms with Crippen LogP contribution in [0.25, 0.3) is 0 Å². The Hall–Kier alpha value is -2.43. The van der Waals surface area contributed by atoms with E-state index in [0.717, 1.165) is 56.4 Å². The Morgan fingerprint density at radius 2 is 1.67 bits per heavy atom. The first-order valence-corrected chi connectivity index (χ1v) is 9.96. The van der Waals surface area contributed by atoms with Crippen LogP contribution in [0.3, 0.4) is 0 Å². The molecule has 5 heteroatoms. The fourth-order valence-corrected chi connectivity index (χ4v) is 3.67.